The van der Waals surface area contributed by atoms with Crippen molar-refractivity contribution in [2.24, 2.45) is 0 Å². The van der Waals surface area contributed by atoms with Crippen LogP contribution in [-0.4, -0.2) is 47.6 Å². The largest absolute Gasteiger partial charge is 0.464 e. The second-order valence-electron chi connectivity index (χ2n) is 5.38. The third kappa shape index (κ3) is 3.18. The number of pyridine rings is 1. The number of nitrogens with one attached hydrogen (secondary N) is 2. The SMILES string of the molecule is COC(=O)c1cc(CN2CCNCC2c2ccncc2)c[nH]1. The lowest BCUT2D eigenvalue weighted by Crippen LogP contribution is -2.45. The van der Waals surface area contributed by atoms with Gasteiger partial charge < -0.3 is 15.0 Å². The third-order valence-corrected chi connectivity index (χ3v) is 3.98. The van der Waals surface area contributed by atoms with Crippen LogP contribution in [0.4, 0.5) is 0 Å². The zero-order valence-electron chi connectivity index (χ0n) is 12.6. The van der Waals surface area contributed by atoms with Crippen LogP contribution >= 0.6 is 0 Å². The van der Waals surface area contributed by atoms with Crippen LogP contribution in [0.3, 0.4) is 0 Å². The summed E-state index contributed by atoms with van der Waals surface area (Å²) >= 11 is 0. The molecule has 2 N–H and O–H groups in total. The molecule has 1 atom stereocenters. The van der Waals surface area contributed by atoms with Gasteiger partial charge in [0.15, 0.2) is 0 Å². The lowest BCUT2D eigenvalue weighted by molar-refractivity contribution is 0.0594. The fourth-order valence-corrected chi connectivity index (χ4v) is 2.84. The Morgan fingerprint density at radius 2 is 2.27 bits per heavy atom. The van der Waals surface area contributed by atoms with E-state index in [9.17, 15) is 4.79 Å². The first-order chi connectivity index (χ1) is 10.8. The van der Waals surface area contributed by atoms with Gasteiger partial charge in [-0.15, -0.1) is 0 Å². The van der Waals surface area contributed by atoms with Gasteiger partial charge in [-0.3, -0.25) is 9.88 Å². The fourth-order valence-electron chi connectivity index (χ4n) is 2.84. The van der Waals surface area contributed by atoms with E-state index in [1.807, 2.05) is 24.7 Å². The first-order valence-corrected chi connectivity index (χ1v) is 7.38. The fraction of sp³-hybridized carbons (Fsp3) is 0.375. The van der Waals surface area contributed by atoms with Crippen molar-refractivity contribution in [2.75, 3.05) is 26.7 Å². The van der Waals surface area contributed by atoms with Crippen LogP contribution in [0.15, 0.2) is 36.8 Å². The summed E-state index contributed by atoms with van der Waals surface area (Å²) in [5.74, 6) is -0.336. The van der Waals surface area contributed by atoms with E-state index in [0.29, 0.717) is 11.7 Å². The number of H-pyrrole nitrogens is 1. The number of hydrogen-bond donors (Lipinski definition) is 2. The van der Waals surface area contributed by atoms with Crippen molar-refractivity contribution in [3.8, 4) is 0 Å². The quantitative estimate of drug-likeness (QED) is 0.834. The van der Waals surface area contributed by atoms with Crippen molar-refractivity contribution in [1.29, 1.82) is 0 Å². The molecule has 1 aliphatic rings. The molecule has 2 aromatic heterocycles. The molecule has 0 saturated carbocycles. The van der Waals surface area contributed by atoms with E-state index in [1.54, 1.807) is 0 Å². The molecule has 6 nitrogen and oxygen atoms in total. The predicted molar refractivity (Wildman–Crippen MR) is 82.4 cm³/mol. The number of aromatic amines is 1. The molecule has 0 amide bonds. The Kier molecular flexibility index (Phi) is 4.50. The Morgan fingerprint density at radius 3 is 3.05 bits per heavy atom. The molecule has 22 heavy (non-hydrogen) atoms. The number of rotatable bonds is 4. The summed E-state index contributed by atoms with van der Waals surface area (Å²) < 4.78 is 4.73. The van der Waals surface area contributed by atoms with Crippen LogP contribution in [0.1, 0.15) is 27.7 Å². The number of hydrogen-bond acceptors (Lipinski definition) is 5. The van der Waals surface area contributed by atoms with Gasteiger partial charge >= 0.3 is 5.97 Å². The zero-order valence-corrected chi connectivity index (χ0v) is 12.6. The molecule has 0 bridgehead atoms. The number of methoxy groups -OCH3 is 1. The number of carbonyl (C=O) groups excluding carboxylic acids is 1. The monoisotopic (exact) mass is 300 g/mol. The van der Waals surface area contributed by atoms with Crippen molar-refractivity contribution in [2.45, 2.75) is 12.6 Å². The van der Waals surface area contributed by atoms with E-state index in [0.717, 1.165) is 31.7 Å². The van der Waals surface area contributed by atoms with Crippen molar-refractivity contribution in [1.82, 2.24) is 20.2 Å². The van der Waals surface area contributed by atoms with E-state index in [4.69, 9.17) is 4.74 Å². The number of piperazine rings is 1. The number of nitrogens with zero attached hydrogens (tertiary/aromatic N) is 2. The van der Waals surface area contributed by atoms with Gasteiger partial charge in [0, 0.05) is 50.8 Å². The summed E-state index contributed by atoms with van der Waals surface area (Å²) in [7, 11) is 1.39. The normalized spacial score (nSPS) is 19.0. The molecule has 0 spiro atoms. The first kappa shape index (κ1) is 14.7. The molecular weight excluding hydrogens is 280 g/mol. The minimum Gasteiger partial charge on any atom is -0.464 e. The maximum atomic E-state index is 11.5. The van der Waals surface area contributed by atoms with Gasteiger partial charge in [-0.1, -0.05) is 0 Å². The average Bonchev–Trinajstić information content (AvgIpc) is 3.04. The van der Waals surface area contributed by atoms with E-state index in [2.05, 4.69) is 32.3 Å². The van der Waals surface area contributed by atoms with E-state index < -0.39 is 0 Å². The molecular formula is C16H20N4O2. The highest BCUT2D eigenvalue weighted by molar-refractivity contribution is 5.87. The Morgan fingerprint density at radius 1 is 1.45 bits per heavy atom. The molecule has 116 valence electrons. The van der Waals surface area contributed by atoms with E-state index in [1.165, 1.54) is 12.7 Å². The van der Waals surface area contributed by atoms with Crippen LogP contribution in [0.25, 0.3) is 0 Å². The van der Waals surface area contributed by atoms with Gasteiger partial charge in [0.25, 0.3) is 0 Å². The molecule has 2 aromatic rings. The summed E-state index contributed by atoms with van der Waals surface area (Å²) in [4.78, 5) is 21.0. The molecule has 0 aromatic carbocycles. The molecule has 0 aliphatic carbocycles. The van der Waals surface area contributed by atoms with Gasteiger partial charge in [0.2, 0.25) is 0 Å². The van der Waals surface area contributed by atoms with Crippen LogP contribution in [-0.2, 0) is 11.3 Å². The number of esters is 1. The first-order valence-electron chi connectivity index (χ1n) is 7.38. The lowest BCUT2D eigenvalue weighted by atomic mass is 10.0. The summed E-state index contributed by atoms with van der Waals surface area (Å²) in [5.41, 5.74) is 2.83. The van der Waals surface area contributed by atoms with Crippen molar-refractivity contribution < 1.29 is 9.53 Å². The molecule has 1 fully saturated rings. The molecule has 1 unspecified atom stereocenters. The minimum absolute atomic E-state index is 0.313. The number of ether oxygens (including phenoxy) is 1. The van der Waals surface area contributed by atoms with E-state index >= 15 is 0 Å². The molecule has 1 aliphatic heterocycles. The molecule has 6 heteroatoms. The highest BCUT2D eigenvalue weighted by atomic mass is 16.5. The maximum Gasteiger partial charge on any atom is 0.354 e. The Bertz CT molecular complexity index is 626. The maximum absolute atomic E-state index is 11.5. The Hall–Kier alpha value is -2.18. The number of aromatic nitrogens is 2. The van der Waals surface area contributed by atoms with Crippen molar-refractivity contribution in [3.05, 3.63) is 53.6 Å². The summed E-state index contributed by atoms with van der Waals surface area (Å²) in [6, 6.07) is 6.29. The van der Waals surface area contributed by atoms with E-state index in [-0.39, 0.29) is 5.97 Å². The molecule has 0 radical (unpaired) electrons. The summed E-state index contributed by atoms with van der Waals surface area (Å²) in [6.07, 6.45) is 5.53. The van der Waals surface area contributed by atoms with Crippen LogP contribution in [0.2, 0.25) is 0 Å². The smallest absolute Gasteiger partial charge is 0.354 e. The lowest BCUT2D eigenvalue weighted by Gasteiger charge is -2.36. The van der Waals surface area contributed by atoms with Crippen molar-refractivity contribution in [3.63, 3.8) is 0 Å². The molecule has 3 rings (SSSR count). The predicted octanol–water partition coefficient (Wildman–Crippen LogP) is 1.34. The Labute approximate surface area is 129 Å². The molecule has 1 saturated heterocycles. The summed E-state index contributed by atoms with van der Waals surface area (Å²) in [5, 5.41) is 3.44. The van der Waals surface area contributed by atoms with Gasteiger partial charge in [-0.05, 0) is 29.3 Å². The minimum atomic E-state index is -0.336. The zero-order chi connectivity index (χ0) is 15.4. The third-order valence-electron chi connectivity index (χ3n) is 3.98. The second kappa shape index (κ2) is 6.72. The van der Waals surface area contributed by atoms with Gasteiger partial charge in [-0.2, -0.15) is 0 Å². The van der Waals surface area contributed by atoms with Gasteiger partial charge in [0.05, 0.1) is 7.11 Å². The van der Waals surface area contributed by atoms with Crippen LogP contribution in [0, 0.1) is 0 Å². The van der Waals surface area contributed by atoms with Crippen LogP contribution < -0.4 is 5.32 Å². The topological polar surface area (TPSA) is 70.2 Å². The van der Waals surface area contributed by atoms with Gasteiger partial charge in [-0.25, -0.2) is 4.79 Å². The average molecular weight is 300 g/mol. The summed E-state index contributed by atoms with van der Waals surface area (Å²) in [6.45, 7) is 3.64. The van der Waals surface area contributed by atoms with Gasteiger partial charge in [0.1, 0.15) is 5.69 Å². The van der Waals surface area contributed by atoms with Crippen LogP contribution in [0.5, 0.6) is 0 Å². The van der Waals surface area contributed by atoms with Crippen molar-refractivity contribution >= 4 is 5.97 Å². The standard InChI is InChI=1S/C16H20N4O2/c1-22-16(21)14-8-12(9-19-14)11-20-7-6-18-10-15(20)13-2-4-17-5-3-13/h2-5,8-9,15,18-19H,6-7,10-11H2,1H3. The highest BCUT2D eigenvalue weighted by Crippen LogP contribution is 2.23. The molecule has 3 heterocycles. The Balaban J connectivity index is 1.74. The highest BCUT2D eigenvalue weighted by Gasteiger charge is 2.24. The second-order valence-corrected chi connectivity index (χ2v) is 5.38. The number of carbonyl (C=O) groups is 1.